The van der Waals surface area contributed by atoms with Crippen molar-refractivity contribution in [2.24, 2.45) is 0 Å². The number of aryl methyl sites for hydroxylation is 2. The normalized spacial score (nSPS) is 17.1. The summed E-state index contributed by atoms with van der Waals surface area (Å²) in [5, 5.41) is 11.4. The number of thiophene rings is 1. The first-order chi connectivity index (χ1) is 13.0. The summed E-state index contributed by atoms with van der Waals surface area (Å²) < 4.78 is 6.71. The Morgan fingerprint density at radius 3 is 2.64 bits per heavy atom. The Hall–Kier alpha value is -2.19. The molecule has 0 bridgehead atoms. The number of rotatable bonds is 4. The molecule has 2 N–H and O–H groups in total. The first-order valence-corrected chi connectivity index (χ1v) is 10.2. The van der Waals surface area contributed by atoms with Crippen molar-refractivity contribution in [3.63, 3.8) is 0 Å². The number of carbonyl (C=O) groups is 2. The number of methoxy groups -OCH3 is 1. The molecular formula is C20H28N4O3S. The summed E-state index contributed by atoms with van der Waals surface area (Å²) in [7, 11) is 1.37. The van der Waals surface area contributed by atoms with E-state index in [4.69, 9.17) is 4.74 Å². The average molecular weight is 405 g/mol. The Balaban J connectivity index is 2.08. The van der Waals surface area contributed by atoms with Crippen LogP contribution in [0.25, 0.3) is 0 Å². The van der Waals surface area contributed by atoms with Crippen molar-refractivity contribution in [1.29, 1.82) is 0 Å². The molecule has 8 heteroatoms. The van der Waals surface area contributed by atoms with Crippen LogP contribution in [0.1, 0.15) is 71.6 Å². The predicted octanol–water partition coefficient (Wildman–Crippen LogP) is 3.47. The molecule has 2 aromatic heterocycles. The molecule has 7 nitrogen and oxygen atoms in total. The molecule has 0 aliphatic carbocycles. The summed E-state index contributed by atoms with van der Waals surface area (Å²) in [6.07, 6.45) is 0.675. The van der Waals surface area contributed by atoms with Crippen molar-refractivity contribution in [3.8, 4) is 0 Å². The quantitative estimate of drug-likeness (QED) is 0.762. The SMILES string of the molecule is CCn1nc(C)cc1C(=O)Nc1sc2c(c1C(=O)OC)CC(C)(C)NC2(C)C. The van der Waals surface area contributed by atoms with Gasteiger partial charge in [-0.15, -0.1) is 11.3 Å². The molecule has 2 aromatic rings. The lowest BCUT2D eigenvalue weighted by Crippen LogP contribution is -2.55. The van der Waals surface area contributed by atoms with E-state index in [1.807, 2.05) is 13.8 Å². The number of aromatic nitrogens is 2. The molecule has 1 aliphatic rings. The van der Waals surface area contributed by atoms with Crippen LogP contribution in [-0.4, -0.2) is 34.3 Å². The van der Waals surface area contributed by atoms with E-state index >= 15 is 0 Å². The third-order valence-corrected chi connectivity index (χ3v) is 6.37. The molecule has 3 heterocycles. The Morgan fingerprint density at radius 2 is 2.04 bits per heavy atom. The molecule has 0 spiro atoms. The molecule has 152 valence electrons. The van der Waals surface area contributed by atoms with Crippen LogP contribution in [0, 0.1) is 6.92 Å². The second kappa shape index (κ2) is 7.00. The molecule has 0 radical (unpaired) electrons. The number of carbonyl (C=O) groups excluding carboxylic acids is 2. The standard InChI is InChI=1S/C20H28N4O3S/c1-8-24-13(9-11(2)22-24)16(25)21-17-14(18(26)27-7)12-10-19(3,4)23-20(5,6)15(12)28-17/h9,23H,8,10H2,1-7H3,(H,21,25). The van der Waals surface area contributed by atoms with Crippen LogP contribution in [0.5, 0.6) is 0 Å². The highest BCUT2D eigenvalue weighted by atomic mass is 32.1. The molecule has 0 aromatic carbocycles. The first kappa shape index (κ1) is 20.5. The molecule has 0 unspecified atom stereocenters. The first-order valence-electron chi connectivity index (χ1n) is 9.38. The fourth-order valence-corrected chi connectivity index (χ4v) is 5.33. The lowest BCUT2D eigenvalue weighted by molar-refractivity contribution is 0.0600. The number of nitrogens with zero attached hydrogens (tertiary/aromatic N) is 2. The zero-order valence-corrected chi connectivity index (χ0v) is 18.3. The van der Waals surface area contributed by atoms with E-state index in [0.717, 1.165) is 16.1 Å². The Labute approximate surface area is 169 Å². The molecule has 1 aliphatic heterocycles. The van der Waals surface area contributed by atoms with Crippen LogP contribution >= 0.6 is 11.3 Å². The smallest absolute Gasteiger partial charge is 0.341 e. The molecule has 0 fully saturated rings. The van der Waals surface area contributed by atoms with E-state index in [2.05, 4.69) is 43.4 Å². The van der Waals surface area contributed by atoms with Gasteiger partial charge in [-0.1, -0.05) is 0 Å². The van der Waals surface area contributed by atoms with Gasteiger partial charge in [0.15, 0.2) is 0 Å². The summed E-state index contributed by atoms with van der Waals surface area (Å²) in [6, 6.07) is 1.75. The number of fused-ring (bicyclic) bond motifs is 1. The molecule has 1 amide bonds. The van der Waals surface area contributed by atoms with Crippen LogP contribution in [0.2, 0.25) is 0 Å². The summed E-state index contributed by atoms with van der Waals surface area (Å²) in [4.78, 5) is 26.6. The molecule has 28 heavy (non-hydrogen) atoms. The lowest BCUT2D eigenvalue weighted by Gasteiger charge is -2.42. The maximum Gasteiger partial charge on any atom is 0.341 e. The van der Waals surface area contributed by atoms with Crippen LogP contribution < -0.4 is 10.6 Å². The molecular weight excluding hydrogens is 376 g/mol. The van der Waals surface area contributed by atoms with Gasteiger partial charge < -0.3 is 15.4 Å². The highest BCUT2D eigenvalue weighted by molar-refractivity contribution is 7.17. The average Bonchev–Trinajstić information content (AvgIpc) is 3.13. The number of amides is 1. The minimum absolute atomic E-state index is 0.181. The third-order valence-electron chi connectivity index (χ3n) is 4.90. The van der Waals surface area contributed by atoms with Crippen molar-refractivity contribution in [2.45, 2.75) is 65.6 Å². The zero-order valence-electron chi connectivity index (χ0n) is 17.5. The van der Waals surface area contributed by atoms with Crippen molar-refractivity contribution in [3.05, 3.63) is 33.5 Å². The van der Waals surface area contributed by atoms with Crippen LogP contribution in [0.3, 0.4) is 0 Å². The van der Waals surface area contributed by atoms with Gasteiger partial charge in [0, 0.05) is 22.5 Å². The van der Waals surface area contributed by atoms with Gasteiger partial charge in [-0.3, -0.25) is 9.48 Å². The Bertz CT molecular complexity index is 940. The van der Waals surface area contributed by atoms with Gasteiger partial charge in [-0.25, -0.2) is 4.79 Å². The van der Waals surface area contributed by atoms with Crippen LogP contribution in [0.15, 0.2) is 6.07 Å². The number of esters is 1. The summed E-state index contributed by atoms with van der Waals surface area (Å²) in [6.45, 7) is 12.8. The largest absolute Gasteiger partial charge is 0.465 e. The number of ether oxygens (including phenoxy) is 1. The van der Waals surface area contributed by atoms with Gasteiger partial charge >= 0.3 is 5.97 Å². The van der Waals surface area contributed by atoms with Crippen molar-refractivity contribution in [2.75, 3.05) is 12.4 Å². The third kappa shape index (κ3) is 3.58. The van der Waals surface area contributed by atoms with Gasteiger partial charge in [-0.05, 0) is 59.6 Å². The lowest BCUT2D eigenvalue weighted by atomic mass is 9.81. The summed E-state index contributed by atoms with van der Waals surface area (Å²) in [5.74, 6) is -0.710. The van der Waals surface area contributed by atoms with Crippen molar-refractivity contribution in [1.82, 2.24) is 15.1 Å². The minimum atomic E-state index is -0.429. The number of hydrogen-bond acceptors (Lipinski definition) is 6. The fourth-order valence-electron chi connectivity index (χ4n) is 4.07. The van der Waals surface area contributed by atoms with Gasteiger partial charge in [0.2, 0.25) is 0 Å². The van der Waals surface area contributed by atoms with E-state index in [1.165, 1.54) is 18.4 Å². The maximum absolute atomic E-state index is 12.9. The maximum atomic E-state index is 12.9. The number of anilines is 1. The molecule has 0 saturated heterocycles. The van der Waals surface area contributed by atoms with E-state index in [0.29, 0.717) is 29.2 Å². The highest BCUT2D eigenvalue weighted by Crippen LogP contribution is 2.45. The van der Waals surface area contributed by atoms with Gasteiger partial charge in [0.25, 0.3) is 5.91 Å². The minimum Gasteiger partial charge on any atom is -0.465 e. The monoisotopic (exact) mass is 404 g/mol. The second-order valence-corrected chi connectivity index (χ2v) is 9.38. The van der Waals surface area contributed by atoms with E-state index < -0.39 is 5.97 Å². The highest BCUT2D eigenvalue weighted by Gasteiger charge is 2.42. The van der Waals surface area contributed by atoms with Crippen molar-refractivity contribution < 1.29 is 14.3 Å². The second-order valence-electron chi connectivity index (χ2n) is 8.36. The van der Waals surface area contributed by atoms with Crippen molar-refractivity contribution >= 4 is 28.2 Å². The van der Waals surface area contributed by atoms with Gasteiger partial charge in [0.05, 0.1) is 18.4 Å². The van der Waals surface area contributed by atoms with E-state index in [-0.39, 0.29) is 17.0 Å². The summed E-state index contributed by atoms with van der Waals surface area (Å²) in [5.41, 5.74) is 2.14. The van der Waals surface area contributed by atoms with E-state index in [1.54, 1.807) is 10.7 Å². The van der Waals surface area contributed by atoms with E-state index in [9.17, 15) is 9.59 Å². The number of hydrogen-bond donors (Lipinski definition) is 2. The fraction of sp³-hybridized carbons (Fsp3) is 0.550. The van der Waals surface area contributed by atoms with Gasteiger partial charge in [0.1, 0.15) is 10.7 Å². The summed E-state index contributed by atoms with van der Waals surface area (Å²) >= 11 is 1.43. The van der Waals surface area contributed by atoms with Crippen LogP contribution in [0.4, 0.5) is 5.00 Å². The molecule has 3 rings (SSSR count). The Morgan fingerprint density at radius 1 is 1.36 bits per heavy atom. The topological polar surface area (TPSA) is 85.2 Å². The molecule has 0 saturated carbocycles. The molecule has 0 atom stereocenters. The zero-order chi connectivity index (χ0) is 20.9. The van der Waals surface area contributed by atoms with Crippen LogP contribution in [-0.2, 0) is 23.2 Å². The predicted molar refractivity (Wildman–Crippen MR) is 110 cm³/mol. The van der Waals surface area contributed by atoms with Gasteiger partial charge in [-0.2, -0.15) is 5.10 Å². The Kier molecular flexibility index (Phi) is 5.14. The number of nitrogens with one attached hydrogen (secondary N) is 2.